The number of carbonyl (C=O) groups is 1. The second-order valence-corrected chi connectivity index (χ2v) is 8.09. The lowest BCUT2D eigenvalue weighted by Crippen LogP contribution is -2.37. The van der Waals surface area contributed by atoms with Crippen molar-refractivity contribution in [2.75, 3.05) is 24.7 Å². The van der Waals surface area contributed by atoms with Gasteiger partial charge < -0.3 is 5.32 Å². The molecule has 0 bridgehead atoms. The Morgan fingerprint density at radius 1 is 1.12 bits per heavy atom. The van der Waals surface area contributed by atoms with Crippen molar-refractivity contribution in [3.63, 3.8) is 0 Å². The second-order valence-electron chi connectivity index (χ2n) is 6.08. The van der Waals surface area contributed by atoms with Gasteiger partial charge in [-0.2, -0.15) is 0 Å². The van der Waals surface area contributed by atoms with E-state index in [1.165, 1.54) is 23.3 Å². The first-order valence-corrected chi connectivity index (χ1v) is 9.70. The topological polar surface area (TPSA) is 66.5 Å². The number of carbonyl (C=O) groups excluding carboxylic acids is 1. The van der Waals surface area contributed by atoms with Gasteiger partial charge in [0.25, 0.3) is 0 Å². The summed E-state index contributed by atoms with van der Waals surface area (Å²) in [6.45, 7) is 1.89. The van der Waals surface area contributed by atoms with Crippen LogP contribution in [0.4, 0.5) is 5.69 Å². The molecule has 0 fully saturated rings. The van der Waals surface area contributed by atoms with Crippen molar-refractivity contribution in [2.45, 2.75) is 17.9 Å². The Hall–Kier alpha value is -2.18. The standard InChI is InChI=1S/C18H20N2O3S/c1-24(22,23)17-8-4-7-16(11-17)19-18(21)13-20-10-9-14-5-2-3-6-15(14)12-20/h2-8,11H,9-10,12-13H2,1H3,(H,19,21). The Labute approximate surface area is 142 Å². The zero-order valence-electron chi connectivity index (χ0n) is 13.5. The number of hydrogen-bond donors (Lipinski definition) is 1. The monoisotopic (exact) mass is 344 g/mol. The van der Waals surface area contributed by atoms with E-state index in [-0.39, 0.29) is 17.3 Å². The van der Waals surface area contributed by atoms with Crippen LogP contribution in [-0.2, 0) is 27.6 Å². The number of benzene rings is 2. The van der Waals surface area contributed by atoms with Crippen molar-refractivity contribution >= 4 is 21.4 Å². The highest BCUT2D eigenvalue weighted by Gasteiger charge is 2.18. The van der Waals surface area contributed by atoms with Crippen molar-refractivity contribution in [3.05, 3.63) is 59.7 Å². The molecule has 0 radical (unpaired) electrons. The molecule has 1 N–H and O–H groups in total. The van der Waals surface area contributed by atoms with E-state index in [0.717, 1.165) is 25.8 Å². The molecule has 1 heterocycles. The maximum Gasteiger partial charge on any atom is 0.238 e. The van der Waals surface area contributed by atoms with E-state index in [1.807, 2.05) is 12.1 Å². The number of nitrogens with one attached hydrogen (secondary N) is 1. The van der Waals surface area contributed by atoms with Gasteiger partial charge in [-0.15, -0.1) is 0 Å². The van der Waals surface area contributed by atoms with Gasteiger partial charge in [0.2, 0.25) is 5.91 Å². The fourth-order valence-electron chi connectivity index (χ4n) is 2.90. The Balaban J connectivity index is 1.63. The first-order chi connectivity index (χ1) is 11.4. The SMILES string of the molecule is CS(=O)(=O)c1cccc(NC(=O)CN2CCc3ccccc3C2)c1. The summed E-state index contributed by atoms with van der Waals surface area (Å²) in [4.78, 5) is 14.5. The van der Waals surface area contributed by atoms with Gasteiger partial charge in [0.1, 0.15) is 0 Å². The van der Waals surface area contributed by atoms with Gasteiger partial charge in [0.15, 0.2) is 9.84 Å². The third kappa shape index (κ3) is 4.01. The molecule has 1 aliphatic heterocycles. The van der Waals surface area contributed by atoms with Crippen molar-refractivity contribution in [1.82, 2.24) is 4.90 Å². The zero-order chi connectivity index (χ0) is 17.2. The summed E-state index contributed by atoms with van der Waals surface area (Å²) in [5, 5.41) is 2.78. The molecule has 3 rings (SSSR count). The number of sulfone groups is 1. The van der Waals surface area contributed by atoms with Gasteiger partial charge >= 0.3 is 0 Å². The van der Waals surface area contributed by atoms with E-state index in [1.54, 1.807) is 12.1 Å². The van der Waals surface area contributed by atoms with Gasteiger partial charge in [0.05, 0.1) is 11.4 Å². The van der Waals surface area contributed by atoms with Crippen LogP contribution in [0.25, 0.3) is 0 Å². The molecule has 2 aromatic rings. The average Bonchev–Trinajstić information content (AvgIpc) is 2.54. The lowest BCUT2D eigenvalue weighted by molar-refractivity contribution is -0.117. The fourth-order valence-corrected chi connectivity index (χ4v) is 3.56. The van der Waals surface area contributed by atoms with Crippen LogP contribution in [0.3, 0.4) is 0 Å². The highest BCUT2D eigenvalue weighted by Crippen LogP contribution is 2.19. The predicted molar refractivity (Wildman–Crippen MR) is 93.6 cm³/mol. The highest BCUT2D eigenvalue weighted by molar-refractivity contribution is 7.90. The maximum atomic E-state index is 12.3. The molecule has 1 amide bonds. The van der Waals surface area contributed by atoms with E-state index in [9.17, 15) is 13.2 Å². The molecule has 24 heavy (non-hydrogen) atoms. The molecule has 0 saturated carbocycles. The van der Waals surface area contributed by atoms with Gasteiger partial charge in [-0.1, -0.05) is 30.3 Å². The van der Waals surface area contributed by atoms with Crippen molar-refractivity contribution in [3.8, 4) is 0 Å². The Morgan fingerprint density at radius 3 is 2.62 bits per heavy atom. The summed E-state index contributed by atoms with van der Waals surface area (Å²) in [5.41, 5.74) is 3.10. The molecule has 126 valence electrons. The summed E-state index contributed by atoms with van der Waals surface area (Å²) < 4.78 is 23.2. The van der Waals surface area contributed by atoms with Crippen LogP contribution in [0.15, 0.2) is 53.4 Å². The second kappa shape index (κ2) is 6.75. The maximum absolute atomic E-state index is 12.3. The number of amides is 1. The van der Waals surface area contributed by atoms with E-state index in [2.05, 4.69) is 22.3 Å². The van der Waals surface area contributed by atoms with Gasteiger partial charge in [-0.25, -0.2) is 8.42 Å². The summed E-state index contributed by atoms with van der Waals surface area (Å²) in [5.74, 6) is -0.139. The third-order valence-electron chi connectivity index (χ3n) is 4.12. The number of hydrogen-bond acceptors (Lipinski definition) is 4. The Bertz CT molecular complexity index is 862. The summed E-state index contributed by atoms with van der Waals surface area (Å²) in [6, 6.07) is 14.6. The van der Waals surface area contributed by atoms with Crippen molar-refractivity contribution in [1.29, 1.82) is 0 Å². The van der Waals surface area contributed by atoms with Crippen LogP contribution < -0.4 is 5.32 Å². The van der Waals surface area contributed by atoms with Crippen LogP contribution in [0.2, 0.25) is 0 Å². The van der Waals surface area contributed by atoms with Crippen molar-refractivity contribution in [2.24, 2.45) is 0 Å². The van der Waals surface area contributed by atoms with Crippen LogP contribution in [-0.4, -0.2) is 38.6 Å². The van der Waals surface area contributed by atoms with Crippen molar-refractivity contribution < 1.29 is 13.2 Å². The third-order valence-corrected chi connectivity index (χ3v) is 5.23. The molecule has 1 aliphatic rings. The molecule has 0 aliphatic carbocycles. The summed E-state index contributed by atoms with van der Waals surface area (Å²) >= 11 is 0. The number of rotatable bonds is 4. The molecule has 0 spiro atoms. The summed E-state index contributed by atoms with van der Waals surface area (Å²) in [7, 11) is -3.28. The van der Waals surface area contributed by atoms with E-state index >= 15 is 0 Å². The highest BCUT2D eigenvalue weighted by atomic mass is 32.2. The van der Waals surface area contributed by atoms with E-state index in [0.29, 0.717) is 5.69 Å². The van der Waals surface area contributed by atoms with Gasteiger partial charge in [0, 0.05) is 25.0 Å². The Kier molecular flexibility index (Phi) is 4.69. The quantitative estimate of drug-likeness (QED) is 0.922. The van der Waals surface area contributed by atoms with Crippen LogP contribution >= 0.6 is 0 Å². The number of anilines is 1. The molecule has 6 heteroatoms. The van der Waals surface area contributed by atoms with E-state index < -0.39 is 9.84 Å². The molecular formula is C18H20N2O3S. The molecule has 2 aromatic carbocycles. The van der Waals surface area contributed by atoms with E-state index in [4.69, 9.17) is 0 Å². The first-order valence-electron chi connectivity index (χ1n) is 7.81. The lowest BCUT2D eigenvalue weighted by atomic mass is 10.00. The minimum atomic E-state index is -3.28. The van der Waals surface area contributed by atoms with Gasteiger partial charge in [-0.05, 0) is 35.7 Å². The minimum Gasteiger partial charge on any atom is -0.325 e. The largest absolute Gasteiger partial charge is 0.325 e. The molecular weight excluding hydrogens is 324 g/mol. The smallest absolute Gasteiger partial charge is 0.238 e. The zero-order valence-corrected chi connectivity index (χ0v) is 14.3. The molecule has 0 saturated heterocycles. The average molecular weight is 344 g/mol. The molecule has 0 atom stereocenters. The fraction of sp³-hybridized carbons (Fsp3) is 0.278. The lowest BCUT2D eigenvalue weighted by Gasteiger charge is -2.28. The van der Waals surface area contributed by atoms with Crippen LogP contribution in [0.5, 0.6) is 0 Å². The molecule has 0 unspecified atom stereocenters. The predicted octanol–water partition coefficient (Wildman–Crippen LogP) is 2.09. The number of nitrogens with zero attached hydrogens (tertiary/aromatic N) is 1. The molecule has 5 nitrogen and oxygen atoms in total. The van der Waals surface area contributed by atoms with Crippen LogP contribution in [0, 0.1) is 0 Å². The van der Waals surface area contributed by atoms with Crippen LogP contribution in [0.1, 0.15) is 11.1 Å². The minimum absolute atomic E-state index is 0.139. The van der Waals surface area contributed by atoms with Gasteiger partial charge in [-0.3, -0.25) is 9.69 Å². The first kappa shape index (κ1) is 16.7. The normalized spacial score (nSPS) is 14.9. The Morgan fingerprint density at radius 2 is 1.88 bits per heavy atom. The molecule has 0 aromatic heterocycles. The number of fused-ring (bicyclic) bond motifs is 1. The summed E-state index contributed by atoms with van der Waals surface area (Å²) in [6.07, 6.45) is 2.09.